The Hall–Kier alpha value is -1.30. The lowest BCUT2D eigenvalue weighted by Crippen LogP contribution is -2.34. The predicted octanol–water partition coefficient (Wildman–Crippen LogP) is 3.37. The SMILES string of the molecule is COc1cc(OC)nc(SC(C=O)C(C)(C)C2CCCC2)n1. The van der Waals surface area contributed by atoms with Crippen LogP contribution >= 0.6 is 11.8 Å². The molecular formula is C16H24N2O3S. The second kappa shape index (κ2) is 7.31. The normalized spacial score (nSPS) is 17.3. The fourth-order valence-corrected chi connectivity index (χ4v) is 4.08. The van der Waals surface area contributed by atoms with E-state index in [1.165, 1.54) is 37.4 Å². The fourth-order valence-electron chi connectivity index (χ4n) is 3.02. The Morgan fingerprint density at radius 2 is 1.77 bits per heavy atom. The highest BCUT2D eigenvalue weighted by Crippen LogP contribution is 2.46. The smallest absolute Gasteiger partial charge is 0.220 e. The Morgan fingerprint density at radius 3 is 2.23 bits per heavy atom. The number of hydrogen-bond donors (Lipinski definition) is 0. The van der Waals surface area contributed by atoms with Crippen molar-refractivity contribution in [2.75, 3.05) is 14.2 Å². The number of carbonyl (C=O) groups excluding carboxylic acids is 1. The lowest BCUT2D eigenvalue weighted by atomic mass is 9.75. The second-order valence-electron chi connectivity index (χ2n) is 6.21. The molecule has 1 saturated carbocycles. The minimum absolute atomic E-state index is 0.0808. The molecule has 0 spiro atoms. The van der Waals surface area contributed by atoms with Gasteiger partial charge in [-0.3, -0.25) is 0 Å². The van der Waals surface area contributed by atoms with Crippen LogP contribution < -0.4 is 9.47 Å². The van der Waals surface area contributed by atoms with Gasteiger partial charge in [-0.25, -0.2) is 0 Å². The summed E-state index contributed by atoms with van der Waals surface area (Å²) in [5, 5.41) is 0.326. The molecule has 5 nitrogen and oxygen atoms in total. The summed E-state index contributed by atoms with van der Waals surface area (Å²) >= 11 is 1.39. The maximum Gasteiger partial charge on any atom is 0.220 e. The third-order valence-corrected chi connectivity index (χ3v) is 5.94. The van der Waals surface area contributed by atoms with Crippen LogP contribution in [0, 0.1) is 11.3 Å². The van der Waals surface area contributed by atoms with Crippen LogP contribution in [0.25, 0.3) is 0 Å². The van der Waals surface area contributed by atoms with Crippen molar-refractivity contribution in [3.05, 3.63) is 6.07 Å². The summed E-state index contributed by atoms with van der Waals surface area (Å²) in [6.45, 7) is 4.35. The second-order valence-corrected chi connectivity index (χ2v) is 7.32. The van der Waals surface area contributed by atoms with Crippen molar-refractivity contribution in [3.63, 3.8) is 0 Å². The van der Waals surface area contributed by atoms with Gasteiger partial charge in [-0.2, -0.15) is 9.97 Å². The van der Waals surface area contributed by atoms with Crippen LogP contribution in [0.1, 0.15) is 39.5 Å². The fraction of sp³-hybridized carbons (Fsp3) is 0.688. The first-order chi connectivity index (χ1) is 10.5. The molecule has 0 aliphatic heterocycles. The molecule has 0 radical (unpaired) electrons. The van der Waals surface area contributed by atoms with Crippen molar-refractivity contribution in [2.45, 2.75) is 49.9 Å². The summed E-state index contributed by atoms with van der Waals surface area (Å²) < 4.78 is 10.3. The zero-order valence-electron chi connectivity index (χ0n) is 13.7. The van der Waals surface area contributed by atoms with Crippen LogP contribution in [-0.2, 0) is 4.79 Å². The van der Waals surface area contributed by atoms with Crippen molar-refractivity contribution in [1.82, 2.24) is 9.97 Å². The molecule has 122 valence electrons. The van der Waals surface area contributed by atoms with Gasteiger partial charge in [-0.05, 0) is 24.2 Å². The lowest BCUT2D eigenvalue weighted by Gasteiger charge is -2.35. The molecule has 0 amide bonds. The molecule has 1 aromatic rings. The lowest BCUT2D eigenvalue weighted by molar-refractivity contribution is -0.109. The summed E-state index contributed by atoms with van der Waals surface area (Å²) in [4.78, 5) is 20.3. The Labute approximate surface area is 136 Å². The molecule has 0 N–H and O–H groups in total. The minimum atomic E-state index is -0.188. The summed E-state index contributed by atoms with van der Waals surface area (Å²) in [5.41, 5.74) is -0.0808. The average molecular weight is 324 g/mol. The van der Waals surface area contributed by atoms with E-state index in [1.807, 2.05) is 0 Å². The first-order valence-electron chi connectivity index (χ1n) is 7.60. The van der Waals surface area contributed by atoms with Gasteiger partial charge in [-0.15, -0.1) is 0 Å². The van der Waals surface area contributed by atoms with E-state index in [1.54, 1.807) is 20.3 Å². The molecule has 1 heterocycles. The number of carbonyl (C=O) groups is 1. The molecule has 0 aromatic carbocycles. The molecule has 2 rings (SSSR count). The molecule has 22 heavy (non-hydrogen) atoms. The van der Waals surface area contributed by atoms with Gasteiger partial charge in [0.05, 0.1) is 25.5 Å². The van der Waals surface area contributed by atoms with Crippen molar-refractivity contribution in [2.24, 2.45) is 11.3 Å². The first-order valence-corrected chi connectivity index (χ1v) is 8.48. The summed E-state index contributed by atoms with van der Waals surface area (Å²) in [6.07, 6.45) is 5.93. The van der Waals surface area contributed by atoms with E-state index in [-0.39, 0.29) is 10.7 Å². The predicted molar refractivity (Wildman–Crippen MR) is 86.6 cm³/mol. The van der Waals surface area contributed by atoms with Crippen molar-refractivity contribution < 1.29 is 14.3 Å². The molecule has 0 bridgehead atoms. The van der Waals surface area contributed by atoms with E-state index in [0.717, 1.165) is 6.29 Å². The van der Waals surface area contributed by atoms with E-state index in [2.05, 4.69) is 23.8 Å². The highest BCUT2D eigenvalue weighted by molar-refractivity contribution is 8.00. The molecule has 1 aliphatic carbocycles. The van der Waals surface area contributed by atoms with E-state index < -0.39 is 0 Å². The quantitative estimate of drug-likeness (QED) is 0.435. The van der Waals surface area contributed by atoms with Crippen molar-refractivity contribution >= 4 is 18.0 Å². The van der Waals surface area contributed by atoms with Crippen molar-refractivity contribution in [3.8, 4) is 11.8 Å². The molecule has 1 atom stereocenters. The highest BCUT2D eigenvalue weighted by Gasteiger charge is 2.39. The van der Waals surface area contributed by atoms with Crippen LogP contribution in [0.3, 0.4) is 0 Å². The largest absolute Gasteiger partial charge is 0.481 e. The number of rotatable bonds is 7. The molecular weight excluding hydrogens is 300 g/mol. The van der Waals surface area contributed by atoms with Gasteiger partial charge < -0.3 is 14.3 Å². The monoisotopic (exact) mass is 324 g/mol. The number of thioether (sulfide) groups is 1. The molecule has 0 saturated heterocycles. The Bertz CT molecular complexity index is 494. The van der Waals surface area contributed by atoms with Gasteiger partial charge in [0.15, 0.2) is 5.16 Å². The van der Waals surface area contributed by atoms with Crippen LogP contribution in [0.4, 0.5) is 0 Å². The number of methoxy groups -OCH3 is 2. The number of hydrogen-bond acceptors (Lipinski definition) is 6. The number of nitrogens with zero attached hydrogens (tertiary/aromatic N) is 2. The molecule has 6 heteroatoms. The number of aromatic nitrogens is 2. The topological polar surface area (TPSA) is 61.3 Å². The molecule has 1 fully saturated rings. The molecule has 1 unspecified atom stereocenters. The molecule has 1 aromatic heterocycles. The van der Waals surface area contributed by atoms with Crippen LogP contribution in [0.2, 0.25) is 0 Å². The zero-order valence-corrected chi connectivity index (χ0v) is 14.5. The standard InChI is InChI=1S/C16H24N2O3S/c1-16(2,11-7-5-6-8-11)12(10-19)22-15-17-13(20-3)9-14(18-15)21-4/h9-12H,5-8H2,1-4H3. The van der Waals surface area contributed by atoms with Gasteiger partial charge in [0, 0.05) is 0 Å². The van der Waals surface area contributed by atoms with Gasteiger partial charge in [0.25, 0.3) is 0 Å². The third-order valence-electron chi connectivity index (χ3n) is 4.57. The summed E-state index contributed by atoms with van der Waals surface area (Å²) in [7, 11) is 3.10. The van der Waals surface area contributed by atoms with Gasteiger partial charge >= 0.3 is 0 Å². The van der Waals surface area contributed by atoms with E-state index in [0.29, 0.717) is 22.8 Å². The van der Waals surface area contributed by atoms with Gasteiger partial charge in [-0.1, -0.05) is 38.5 Å². The van der Waals surface area contributed by atoms with Crippen LogP contribution in [0.5, 0.6) is 11.8 Å². The molecule has 1 aliphatic rings. The number of ether oxygens (including phenoxy) is 2. The van der Waals surface area contributed by atoms with Crippen molar-refractivity contribution in [1.29, 1.82) is 0 Å². The third kappa shape index (κ3) is 3.72. The maximum atomic E-state index is 11.7. The zero-order chi connectivity index (χ0) is 16.2. The highest BCUT2D eigenvalue weighted by atomic mass is 32.2. The van der Waals surface area contributed by atoms with Gasteiger partial charge in [0.1, 0.15) is 6.29 Å². The van der Waals surface area contributed by atoms with Crippen LogP contribution in [0.15, 0.2) is 11.2 Å². The van der Waals surface area contributed by atoms with Crippen LogP contribution in [-0.4, -0.2) is 35.7 Å². The Morgan fingerprint density at radius 1 is 1.23 bits per heavy atom. The van der Waals surface area contributed by atoms with E-state index in [4.69, 9.17) is 9.47 Å². The average Bonchev–Trinajstić information content (AvgIpc) is 3.07. The summed E-state index contributed by atoms with van der Waals surface area (Å²) in [5.74, 6) is 1.46. The maximum absolute atomic E-state index is 11.7. The number of aldehydes is 1. The Balaban J connectivity index is 2.20. The van der Waals surface area contributed by atoms with E-state index >= 15 is 0 Å². The Kier molecular flexibility index (Phi) is 5.67. The summed E-state index contributed by atoms with van der Waals surface area (Å²) in [6, 6.07) is 1.63. The first kappa shape index (κ1) is 17.1. The van der Waals surface area contributed by atoms with Gasteiger partial charge in [0.2, 0.25) is 11.8 Å². The van der Waals surface area contributed by atoms with E-state index in [9.17, 15) is 4.79 Å². The minimum Gasteiger partial charge on any atom is -0.481 e.